The summed E-state index contributed by atoms with van der Waals surface area (Å²) in [4.78, 5) is 41.9. The zero-order valence-electron chi connectivity index (χ0n) is 17.1. The normalized spacial score (nSPS) is 10.6. The van der Waals surface area contributed by atoms with Gasteiger partial charge in [0, 0.05) is 16.6 Å². The van der Waals surface area contributed by atoms with Crippen LogP contribution in [0.5, 0.6) is 0 Å². The molecule has 0 bridgehead atoms. The van der Waals surface area contributed by atoms with Crippen LogP contribution in [0, 0.1) is 0 Å². The molecule has 0 atom stereocenters. The summed E-state index contributed by atoms with van der Waals surface area (Å²) in [6.45, 7) is 3.48. The van der Waals surface area contributed by atoms with E-state index in [1.54, 1.807) is 30.3 Å². The van der Waals surface area contributed by atoms with E-state index in [1.807, 2.05) is 31.2 Å². The number of nitrogens with zero attached hydrogens (tertiary/aromatic N) is 1. The Labute approximate surface area is 175 Å². The summed E-state index contributed by atoms with van der Waals surface area (Å²) in [6.07, 6.45) is 2.27. The van der Waals surface area contributed by atoms with Crippen molar-refractivity contribution in [3.63, 3.8) is 0 Å². The number of rotatable bonds is 7. The first-order chi connectivity index (χ1) is 14.5. The Morgan fingerprint density at radius 3 is 2.37 bits per heavy atom. The molecule has 6 nitrogen and oxygen atoms in total. The molecule has 3 rings (SSSR count). The Morgan fingerprint density at radius 1 is 0.967 bits per heavy atom. The van der Waals surface area contributed by atoms with Crippen molar-refractivity contribution >= 4 is 28.7 Å². The Hall–Kier alpha value is -3.54. The lowest BCUT2D eigenvalue weighted by Gasteiger charge is -2.15. The van der Waals surface area contributed by atoms with Gasteiger partial charge in [-0.3, -0.25) is 19.9 Å². The maximum Gasteiger partial charge on any atom is 0.339 e. The van der Waals surface area contributed by atoms with Crippen molar-refractivity contribution in [3.8, 4) is 0 Å². The molecule has 3 aromatic rings. The number of pyridine rings is 1. The van der Waals surface area contributed by atoms with E-state index >= 15 is 0 Å². The summed E-state index contributed by atoms with van der Waals surface area (Å²) < 4.78 is 5.28. The minimum atomic E-state index is -0.678. The van der Waals surface area contributed by atoms with Crippen molar-refractivity contribution in [2.75, 3.05) is 6.61 Å². The number of aromatic nitrogens is 1. The van der Waals surface area contributed by atoms with E-state index in [0.29, 0.717) is 28.5 Å². The average molecular weight is 404 g/mol. The summed E-state index contributed by atoms with van der Waals surface area (Å²) in [6, 6.07) is 15.8. The molecule has 1 N–H and O–H groups in total. The van der Waals surface area contributed by atoms with Crippen molar-refractivity contribution in [1.82, 2.24) is 10.3 Å². The van der Waals surface area contributed by atoms with Crippen molar-refractivity contribution in [2.24, 2.45) is 0 Å². The largest absolute Gasteiger partial charge is 0.452 e. The second-order valence-corrected chi connectivity index (χ2v) is 6.85. The quantitative estimate of drug-likeness (QED) is 0.605. The van der Waals surface area contributed by atoms with Gasteiger partial charge in [0.15, 0.2) is 6.61 Å². The Morgan fingerprint density at radius 2 is 1.67 bits per heavy atom. The summed E-state index contributed by atoms with van der Waals surface area (Å²) in [5.41, 5.74) is 3.22. The molecule has 0 aliphatic heterocycles. The van der Waals surface area contributed by atoms with Gasteiger partial charge in [0.05, 0.1) is 11.1 Å². The fourth-order valence-corrected chi connectivity index (χ4v) is 3.39. The summed E-state index contributed by atoms with van der Waals surface area (Å²) in [5, 5.41) is 2.93. The number of para-hydroxylation sites is 1. The first-order valence-electron chi connectivity index (χ1n) is 10.0. The Balaban J connectivity index is 1.79. The van der Waals surface area contributed by atoms with Crippen molar-refractivity contribution < 1.29 is 19.1 Å². The lowest BCUT2D eigenvalue weighted by atomic mass is 9.96. The maximum absolute atomic E-state index is 12.9. The highest BCUT2D eigenvalue weighted by atomic mass is 16.5. The average Bonchev–Trinajstić information content (AvgIpc) is 2.77. The summed E-state index contributed by atoms with van der Waals surface area (Å²) in [7, 11) is 0. The highest BCUT2D eigenvalue weighted by Crippen LogP contribution is 2.26. The molecule has 30 heavy (non-hydrogen) atoms. The molecule has 0 saturated carbocycles. The van der Waals surface area contributed by atoms with Crippen LogP contribution >= 0.6 is 0 Å². The molecule has 0 saturated heterocycles. The van der Waals surface area contributed by atoms with Crippen LogP contribution < -0.4 is 5.32 Å². The van der Waals surface area contributed by atoms with Crippen LogP contribution in [0.4, 0.5) is 0 Å². The van der Waals surface area contributed by atoms with E-state index in [9.17, 15) is 14.4 Å². The van der Waals surface area contributed by atoms with Crippen LogP contribution in [0.3, 0.4) is 0 Å². The number of esters is 1. The molecule has 6 heteroatoms. The first kappa shape index (κ1) is 21.2. The number of ether oxygens (including phenoxy) is 1. The van der Waals surface area contributed by atoms with Gasteiger partial charge in [-0.2, -0.15) is 0 Å². The molecule has 154 valence electrons. The van der Waals surface area contributed by atoms with E-state index in [0.717, 1.165) is 24.1 Å². The molecule has 0 unspecified atom stereocenters. The maximum atomic E-state index is 12.9. The number of hydrogen-bond acceptors (Lipinski definition) is 5. The monoisotopic (exact) mass is 404 g/mol. The molecule has 1 heterocycles. The van der Waals surface area contributed by atoms with Gasteiger partial charge in [-0.15, -0.1) is 0 Å². The van der Waals surface area contributed by atoms with Crippen LogP contribution in [-0.4, -0.2) is 29.4 Å². The number of nitrogens with one attached hydrogen (secondary N) is 1. The van der Waals surface area contributed by atoms with Gasteiger partial charge in [0.2, 0.25) is 0 Å². The first-order valence-corrected chi connectivity index (χ1v) is 10.0. The van der Waals surface area contributed by atoms with E-state index in [2.05, 4.69) is 12.2 Å². The zero-order chi connectivity index (χ0) is 21.5. The van der Waals surface area contributed by atoms with E-state index < -0.39 is 24.4 Å². The predicted molar refractivity (Wildman–Crippen MR) is 114 cm³/mol. The lowest BCUT2D eigenvalue weighted by molar-refractivity contribution is -0.123. The van der Waals surface area contributed by atoms with Crippen LogP contribution in [0.1, 0.15) is 52.2 Å². The number of hydrogen-bond donors (Lipinski definition) is 1. The van der Waals surface area contributed by atoms with Gasteiger partial charge in [-0.25, -0.2) is 4.79 Å². The van der Waals surface area contributed by atoms with Crippen LogP contribution in [0.15, 0.2) is 54.6 Å². The van der Waals surface area contributed by atoms with Crippen LogP contribution in [0.2, 0.25) is 0 Å². The second-order valence-electron chi connectivity index (χ2n) is 6.85. The van der Waals surface area contributed by atoms with Gasteiger partial charge in [0.25, 0.3) is 11.8 Å². The highest BCUT2D eigenvalue weighted by Gasteiger charge is 2.21. The molecule has 0 spiro atoms. The Kier molecular flexibility index (Phi) is 6.91. The van der Waals surface area contributed by atoms with Gasteiger partial charge in [-0.05, 0) is 36.6 Å². The topological polar surface area (TPSA) is 85.4 Å². The van der Waals surface area contributed by atoms with Crippen molar-refractivity contribution in [1.29, 1.82) is 0 Å². The van der Waals surface area contributed by atoms with Crippen molar-refractivity contribution in [2.45, 2.75) is 33.1 Å². The lowest BCUT2D eigenvalue weighted by Crippen LogP contribution is -2.34. The fraction of sp³-hybridized carbons (Fsp3) is 0.250. The number of benzene rings is 2. The van der Waals surface area contributed by atoms with Crippen molar-refractivity contribution in [3.05, 3.63) is 77.0 Å². The molecule has 0 fully saturated rings. The zero-order valence-corrected chi connectivity index (χ0v) is 17.1. The van der Waals surface area contributed by atoms with E-state index in [4.69, 9.17) is 9.72 Å². The van der Waals surface area contributed by atoms with Crippen LogP contribution in [0.25, 0.3) is 10.9 Å². The molecular weight excluding hydrogens is 380 g/mol. The number of amides is 2. The molecule has 0 radical (unpaired) electrons. The van der Waals surface area contributed by atoms with Gasteiger partial charge < -0.3 is 4.74 Å². The third-order valence-corrected chi connectivity index (χ3v) is 4.75. The predicted octanol–water partition coefficient (Wildman–Crippen LogP) is 3.86. The van der Waals surface area contributed by atoms with E-state index in [1.165, 1.54) is 0 Å². The SMILES string of the molecule is CCCc1nc2ccccc2c(C(=O)OCC(=O)NC(=O)c2ccccc2)c1CC. The highest BCUT2D eigenvalue weighted by molar-refractivity contribution is 6.07. The van der Waals surface area contributed by atoms with Gasteiger partial charge in [-0.1, -0.05) is 56.7 Å². The molecule has 2 amide bonds. The fourth-order valence-electron chi connectivity index (χ4n) is 3.39. The molecule has 1 aromatic heterocycles. The van der Waals surface area contributed by atoms with Gasteiger partial charge in [0.1, 0.15) is 0 Å². The third-order valence-electron chi connectivity index (χ3n) is 4.75. The van der Waals surface area contributed by atoms with Gasteiger partial charge >= 0.3 is 5.97 Å². The molecular formula is C24H24N2O4. The second kappa shape index (κ2) is 9.78. The number of aryl methyl sites for hydroxylation is 1. The van der Waals surface area contributed by atoms with Crippen LogP contribution in [-0.2, 0) is 22.4 Å². The minimum absolute atomic E-state index is 0.356. The molecule has 0 aliphatic carbocycles. The number of carbonyl (C=O) groups is 3. The summed E-state index contributed by atoms with van der Waals surface area (Å²) in [5.74, 6) is -1.81. The number of imide groups is 1. The van der Waals surface area contributed by atoms with E-state index in [-0.39, 0.29) is 0 Å². The standard InChI is InChI=1S/C24H24N2O4/c1-3-10-19-17(4-2)22(18-13-8-9-14-20(18)25-19)24(29)30-15-21(27)26-23(28)16-11-6-5-7-12-16/h5-9,11-14H,3-4,10,15H2,1-2H3,(H,26,27,28). The molecule has 0 aliphatic rings. The third kappa shape index (κ3) is 4.71. The number of fused-ring (bicyclic) bond motifs is 1. The Bertz CT molecular complexity index is 1080. The smallest absolute Gasteiger partial charge is 0.339 e. The number of carbonyl (C=O) groups excluding carboxylic acids is 3. The summed E-state index contributed by atoms with van der Waals surface area (Å²) >= 11 is 0. The molecule has 2 aromatic carbocycles. The minimum Gasteiger partial charge on any atom is -0.452 e.